The number of esters is 1. The zero-order valence-corrected chi connectivity index (χ0v) is 25.2. The van der Waals surface area contributed by atoms with Gasteiger partial charge in [-0.2, -0.15) is 0 Å². The van der Waals surface area contributed by atoms with Crippen LogP contribution in [0.25, 0.3) is 10.9 Å². The highest BCUT2D eigenvalue weighted by Gasteiger charge is 2.34. The SMILES string of the molecule is COC(=O)c1ccc([C@H]2CN(C(=O)NC3CC3)CCN2Cc2c(OC)cc(C)c3c2ccn3C(=O)OC(C)(C)C)cc1. The molecule has 1 atom stereocenters. The lowest BCUT2D eigenvalue weighted by atomic mass is 9.98. The van der Waals surface area contributed by atoms with Crippen LogP contribution in [0.1, 0.15) is 66.7 Å². The van der Waals surface area contributed by atoms with Crippen molar-refractivity contribution in [3.05, 3.63) is 64.8 Å². The number of rotatable bonds is 6. The number of amides is 2. The molecule has 42 heavy (non-hydrogen) atoms. The van der Waals surface area contributed by atoms with E-state index in [2.05, 4.69) is 10.2 Å². The maximum atomic E-state index is 13.1. The predicted molar refractivity (Wildman–Crippen MR) is 159 cm³/mol. The molecular formula is C32H40N4O6. The first-order valence-corrected chi connectivity index (χ1v) is 14.4. The fourth-order valence-corrected chi connectivity index (χ4v) is 5.54. The zero-order chi connectivity index (χ0) is 30.2. The number of fused-ring (bicyclic) bond motifs is 1. The summed E-state index contributed by atoms with van der Waals surface area (Å²) in [7, 11) is 3.01. The van der Waals surface area contributed by atoms with Gasteiger partial charge in [0.05, 0.1) is 31.3 Å². The third-order valence-corrected chi connectivity index (χ3v) is 7.80. The summed E-state index contributed by atoms with van der Waals surface area (Å²) in [6.07, 6.45) is 3.36. The Labute approximate surface area is 246 Å². The van der Waals surface area contributed by atoms with Gasteiger partial charge in [-0.25, -0.2) is 14.4 Å². The summed E-state index contributed by atoms with van der Waals surface area (Å²) in [6, 6.07) is 11.3. The largest absolute Gasteiger partial charge is 0.496 e. The van der Waals surface area contributed by atoms with Crippen LogP contribution in [0.5, 0.6) is 5.75 Å². The van der Waals surface area contributed by atoms with Gasteiger partial charge < -0.3 is 24.4 Å². The minimum atomic E-state index is -0.626. The first-order chi connectivity index (χ1) is 20.0. The van der Waals surface area contributed by atoms with Gasteiger partial charge in [-0.05, 0) is 75.9 Å². The molecule has 1 saturated carbocycles. The average molecular weight is 577 g/mol. The molecule has 0 radical (unpaired) electrons. The number of carbonyl (C=O) groups is 3. The Bertz CT molecular complexity index is 1490. The van der Waals surface area contributed by atoms with Crippen LogP contribution in [0.4, 0.5) is 9.59 Å². The molecule has 1 aromatic heterocycles. The Morgan fingerprint density at radius 1 is 1.02 bits per heavy atom. The molecule has 2 heterocycles. The fourth-order valence-electron chi connectivity index (χ4n) is 5.54. The summed E-state index contributed by atoms with van der Waals surface area (Å²) in [5.41, 5.74) is 3.46. The monoisotopic (exact) mass is 576 g/mol. The van der Waals surface area contributed by atoms with E-state index in [1.807, 2.05) is 56.9 Å². The van der Waals surface area contributed by atoms with Crippen molar-refractivity contribution in [2.24, 2.45) is 0 Å². The maximum absolute atomic E-state index is 13.1. The summed E-state index contributed by atoms with van der Waals surface area (Å²) < 4.78 is 18.0. The van der Waals surface area contributed by atoms with Gasteiger partial charge in [0.25, 0.3) is 0 Å². The first kappa shape index (κ1) is 29.4. The number of aryl methyl sites for hydroxylation is 1. The third kappa shape index (κ3) is 6.23. The molecule has 0 spiro atoms. The number of nitrogens with one attached hydrogen (secondary N) is 1. The molecule has 224 valence electrons. The Balaban J connectivity index is 1.50. The number of urea groups is 1. The number of nitrogens with zero attached hydrogens (tertiary/aromatic N) is 3. The number of ether oxygens (including phenoxy) is 3. The molecule has 1 saturated heterocycles. The van der Waals surface area contributed by atoms with Gasteiger partial charge in [0.15, 0.2) is 0 Å². The van der Waals surface area contributed by atoms with Crippen LogP contribution in [0.15, 0.2) is 42.6 Å². The molecule has 0 bridgehead atoms. The molecule has 2 aliphatic rings. The van der Waals surface area contributed by atoms with E-state index in [-0.39, 0.29) is 18.1 Å². The number of hydrogen-bond donors (Lipinski definition) is 1. The summed E-state index contributed by atoms with van der Waals surface area (Å²) >= 11 is 0. The standard InChI is InChI=1S/C32H40N4O6/c1-20-17-27(40-5)25(24-13-14-36(28(20)24)31(39)42-32(2,3)4)18-34-15-16-35(30(38)33-23-11-12-23)19-26(34)21-7-9-22(10-8-21)29(37)41-6/h7-10,13-14,17,23,26H,11-12,15-16,18-19H2,1-6H3,(H,33,38)/t26-/m1/s1. The average Bonchev–Trinajstić information content (AvgIpc) is 3.66. The second kappa shape index (κ2) is 11.7. The van der Waals surface area contributed by atoms with E-state index >= 15 is 0 Å². The third-order valence-electron chi connectivity index (χ3n) is 7.80. The molecule has 0 unspecified atom stereocenters. The lowest BCUT2D eigenvalue weighted by Gasteiger charge is -2.42. The Morgan fingerprint density at radius 3 is 2.36 bits per heavy atom. The predicted octanol–water partition coefficient (Wildman–Crippen LogP) is 5.26. The number of benzene rings is 2. The van der Waals surface area contributed by atoms with Gasteiger partial charge in [0.1, 0.15) is 11.4 Å². The van der Waals surface area contributed by atoms with Crippen molar-refractivity contribution < 1.29 is 28.6 Å². The first-order valence-electron chi connectivity index (χ1n) is 14.4. The second-order valence-electron chi connectivity index (χ2n) is 12.1. The molecule has 1 aliphatic heterocycles. The highest BCUT2D eigenvalue weighted by atomic mass is 16.6. The highest BCUT2D eigenvalue weighted by Crippen LogP contribution is 2.36. The number of carbonyl (C=O) groups excluding carboxylic acids is 3. The Kier molecular flexibility index (Phi) is 8.19. The van der Waals surface area contributed by atoms with E-state index in [9.17, 15) is 14.4 Å². The van der Waals surface area contributed by atoms with E-state index < -0.39 is 17.7 Å². The van der Waals surface area contributed by atoms with Crippen molar-refractivity contribution in [2.45, 2.75) is 64.8 Å². The van der Waals surface area contributed by atoms with Crippen molar-refractivity contribution in [2.75, 3.05) is 33.9 Å². The lowest BCUT2D eigenvalue weighted by Crippen LogP contribution is -2.53. The Morgan fingerprint density at radius 2 is 1.74 bits per heavy atom. The molecular weight excluding hydrogens is 536 g/mol. The summed E-state index contributed by atoms with van der Waals surface area (Å²) in [4.78, 5) is 42.4. The highest BCUT2D eigenvalue weighted by molar-refractivity contribution is 5.95. The van der Waals surface area contributed by atoms with Gasteiger partial charge >= 0.3 is 18.1 Å². The van der Waals surface area contributed by atoms with E-state index in [1.165, 1.54) is 7.11 Å². The van der Waals surface area contributed by atoms with Gasteiger partial charge in [-0.3, -0.25) is 9.47 Å². The van der Waals surface area contributed by atoms with Crippen molar-refractivity contribution in [3.63, 3.8) is 0 Å². The van der Waals surface area contributed by atoms with Crippen LogP contribution < -0.4 is 10.1 Å². The second-order valence-corrected chi connectivity index (χ2v) is 12.1. The van der Waals surface area contributed by atoms with E-state index in [0.717, 1.165) is 46.2 Å². The number of aromatic nitrogens is 1. The van der Waals surface area contributed by atoms with Crippen LogP contribution in [-0.4, -0.2) is 78.0 Å². The molecule has 2 fully saturated rings. The molecule has 1 N–H and O–H groups in total. The van der Waals surface area contributed by atoms with Crippen molar-refractivity contribution in [1.29, 1.82) is 0 Å². The number of methoxy groups -OCH3 is 2. The van der Waals surface area contributed by atoms with Crippen LogP contribution in [0, 0.1) is 6.92 Å². The normalized spacial score (nSPS) is 17.7. The molecule has 2 aromatic carbocycles. The minimum Gasteiger partial charge on any atom is -0.496 e. The summed E-state index contributed by atoms with van der Waals surface area (Å²) in [6.45, 7) is 9.73. The van der Waals surface area contributed by atoms with Crippen LogP contribution in [0.3, 0.4) is 0 Å². The molecule has 5 rings (SSSR count). The molecule has 10 nitrogen and oxygen atoms in total. The molecule has 2 amide bonds. The summed E-state index contributed by atoms with van der Waals surface area (Å²) in [5.74, 6) is 0.337. The van der Waals surface area contributed by atoms with E-state index in [4.69, 9.17) is 14.2 Å². The molecule has 3 aromatic rings. The molecule has 10 heteroatoms. The number of piperazine rings is 1. The van der Waals surface area contributed by atoms with Crippen LogP contribution in [-0.2, 0) is 16.0 Å². The smallest absolute Gasteiger partial charge is 0.419 e. The van der Waals surface area contributed by atoms with Crippen LogP contribution in [0.2, 0.25) is 0 Å². The zero-order valence-electron chi connectivity index (χ0n) is 25.2. The Hall–Kier alpha value is -4.05. The lowest BCUT2D eigenvalue weighted by molar-refractivity contribution is 0.0542. The van der Waals surface area contributed by atoms with Gasteiger partial charge in [0.2, 0.25) is 0 Å². The van der Waals surface area contributed by atoms with E-state index in [1.54, 1.807) is 30.0 Å². The van der Waals surface area contributed by atoms with Crippen molar-refractivity contribution in [1.82, 2.24) is 19.7 Å². The summed E-state index contributed by atoms with van der Waals surface area (Å²) in [5, 5.41) is 4.02. The fraction of sp³-hybridized carbons (Fsp3) is 0.469. The topological polar surface area (TPSA) is 102 Å². The van der Waals surface area contributed by atoms with E-state index in [0.29, 0.717) is 31.7 Å². The van der Waals surface area contributed by atoms with Crippen molar-refractivity contribution in [3.8, 4) is 5.75 Å². The number of hydrogen-bond acceptors (Lipinski definition) is 7. The molecule has 1 aliphatic carbocycles. The minimum absolute atomic E-state index is 0.0434. The van der Waals surface area contributed by atoms with Crippen LogP contribution >= 0.6 is 0 Å². The maximum Gasteiger partial charge on any atom is 0.419 e. The van der Waals surface area contributed by atoms with Gasteiger partial charge in [0, 0.05) is 49.4 Å². The quantitative estimate of drug-likeness (QED) is 0.400. The van der Waals surface area contributed by atoms with Gasteiger partial charge in [-0.1, -0.05) is 12.1 Å². The van der Waals surface area contributed by atoms with Gasteiger partial charge in [-0.15, -0.1) is 0 Å². The van der Waals surface area contributed by atoms with Crippen molar-refractivity contribution >= 4 is 29.0 Å².